The first-order valence-corrected chi connectivity index (χ1v) is 6.92. The molecule has 104 valence electrons. The van der Waals surface area contributed by atoms with Gasteiger partial charge in [-0.25, -0.2) is 4.79 Å². The summed E-state index contributed by atoms with van der Waals surface area (Å²) in [6.45, 7) is 0.387. The molecule has 1 aromatic carbocycles. The van der Waals surface area contributed by atoms with Gasteiger partial charge in [0.15, 0.2) is 0 Å². The quantitative estimate of drug-likeness (QED) is 0.850. The summed E-state index contributed by atoms with van der Waals surface area (Å²) in [6, 6.07) is 12.1. The van der Waals surface area contributed by atoms with E-state index in [0.717, 1.165) is 24.8 Å². The number of benzene rings is 1. The molecule has 1 heterocycles. The van der Waals surface area contributed by atoms with Crippen molar-refractivity contribution in [1.29, 1.82) is 0 Å². The highest BCUT2D eigenvalue weighted by atomic mass is 16.5. The van der Waals surface area contributed by atoms with E-state index in [0.29, 0.717) is 24.0 Å². The Hall–Kier alpha value is -2.23. The standard InChI is InChI=1S/C16H18N2O2/c17-13-10-15(18(11-13)14-6-7-14)16(19)20-9-8-12-4-2-1-3-5-12/h1-5,10-11,14H,6-9,17H2. The second-order valence-electron chi connectivity index (χ2n) is 5.17. The van der Waals surface area contributed by atoms with Crippen molar-refractivity contribution < 1.29 is 9.53 Å². The van der Waals surface area contributed by atoms with Crippen LogP contribution in [-0.2, 0) is 11.2 Å². The Labute approximate surface area is 118 Å². The van der Waals surface area contributed by atoms with Crippen molar-refractivity contribution in [2.75, 3.05) is 12.3 Å². The summed E-state index contributed by atoms with van der Waals surface area (Å²) in [5.74, 6) is -0.287. The summed E-state index contributed by atoms with van der Waals surface area (Å²) >= 11 is 0. The Morgan fingerprint density at radius 2 is 2.05 bits per heavy atom. The van der Waals surface area contributed by atoms with Gasteiger partial charge >= 0.3 is 5.97 Å². The normalized spacial score (nSPS) is 14.2. The molecular weight excluding hydrogens is 252 g/mol. The molecular formula is C16H18N2O2. The smallest absolute Gasteiger partial charge is 0.355 e. The maximum atomic E-state index is 12.1. The number of ether oxygens (including phenoxy) is 1. The van der Waals surface area contributed by atoms with Crippen molar-refractivity contribution in [3.05, 3.63) is 53.9 Å². The van der Waals surface area contributed by atoms with Gasteiger partial charge in [0.25, 0.3) is 0 Å². The third-order valence-corrected chi connectivity index (χ3v) is 3.49. The monoisotopic (exact) mass is 270 g/mol. The minimum atomic E-state index is -0.287. The Bertz CT molecular complexity index is 600. The van der Waals surface area contributed by atoms with Crippen LogP contribution in [0.5, 0.6) is 0 Å². The number of esters is 1. The maximum absolute atomic E-state index is 12.1. The van der Waals surface area contributed by atoms with Gasteiger partial charge in [0.1, 0.15) is 5.69 Å². The van der Waals surface area contributed by atoms with Crippen LogP contribution in [0.25, 0.3) is 0 Å². The third-order valence-electron chi connectivity index (χ3n) is 3.49. The lowest BCUT2D eigenvalue weighted by Gasteiger charge is -2.08. The second-order valence-corrected chi connectivity index (χ2v) is 5.17. The van der Waals surface area contributed by atoms with Crippen LogP contribution in [0, 0.1) is 0 Å². The van der Waals surface area contributed by atoms with Gasteiger partial charge in [-0.05, 0) is 24.5 Å². The first kappa shape index (κ1) is 12.8. The van der Waals surface area contributed by atoms with E-state index >= 15 is 0 Å². The van der Waals surface area contributed by atoms with Gasteiger partial charge in [0.05, 0.1) is 12.3 Å². The summed E-state index contributed by atoms with van der Waals surface area (Å²) < 4.78 is 7.29. The molecule has 2 N–H and O–H groups in total. The van der Waals surface area contributed by atoms with E-state index < -0.39 is 0 Å². The Morgan fingerprint density at radius 1 is 1.30 bits per heavy atom. The summed E-state index contributed by atoms with van der Waals surface area (Å²) in [6.07, 6.45) is 4.77. The number of carbonyl (C=O) groups excluding carboxylic acids is 1. The van der Waals surface area contributed by atoms with Crippen molar-refractivity contribution >= 4 is 11.7 Å². The Kier molecular flexibility index (Phi) is 3.46. The lowest BCUT2D eigenvalue weighted by molar-refractivity contribution is 0.0496. The molecule has 0 radical (unpaired) electrons. The van der Waals surface area contributed by atoms with Crippen LogP contribution in [0.1, 0.15) is 34.9 Å². The number of carbonyl (C=O) groups is 1. The number of nitrogen functional groups attached to an aromatic ring is 1. The molecule has 1 aliphatic rings. The predicted molar refractivity (Wildman–Crippen MR) is 77.5 cm³/mol. The molecule has 1 saturated carbocycles. The van der Waals surface area contributed by atoms with Gasteiger partial charge in [-0.2, -0.15) is 0 Å². The Morgan fingerprint density at radius 3 is 2.75 bits per heavy atom. The summed E-state index contributed by atoms with van der Waals surface area (Å²) in [5, 5.41) is 0. The van der Waals surface area contributed by atoms with Gasteiger partial charge in [-0.15, -0.1) is 0 Å². The molecule has 20 heavy (non-hydrogen) atoms. The van der Waals surface area contributed by atoms with Crippen LogP contribution >= 0.6 is 0 Å². The number of anilines is 1. The molecule has 0 spiro atoms. The second kappa shape index (κ2) is 5.41. The van der Waals surface area contributed by atoms with Crippen LogP contribution in [0.15, 0.2) is 42.6 Å². The first-order chi connectivity index (χ1) is 9.74. The van der Waals surface area contributed by atoms with E-state index in [9.17, 15) is 4.79 Å². The Balaban J connectivity index is 1.59. The highest BCUT2D eigenvalue weighted by Gasteiger charge is 2.28. The molecule has 0 amide bonds. The predicted octanol–water partition coefficient (Wildman–Crippen LogP) is 2.80. The third kappa shape index (κ3) is 2.85. The number of hydrogen-bond donors (Lipinski definition) is 1. The van der Waals surface area contributed by atoms with Crippen molar-refractivity contribution in [1.82, 2.24) is 4.57 Å². The van der Waals surface area contributed by atoms with E-state index in [1.165, 1.54) is 0 Å². The van der Waals surface area contributed by atoms with E-state index in [1.54, 1.807) is 6.07 Å². The molecule has 1 aliphatic carbocycles. The maximum Gasteiger partial charge on any atom is 0.355 e. The molecule has 4 heteroatoms. The highest BCUT2D eigenvalue weighted by molar-refractivity contribution is 5.89. The van der Waals surface area contributed by atoms with Crippen LogP contribution in [0.4, 0.5) is 5.69 Å². The topological polar surface area (TPSA) is 57.3 Å². The number of rotatable bonds is 5. The minimum absolute atomic E-state index is 0.287. The fourth-order valence-corrected chi connectivity index (χ4v) is 2.30. The lowest BCUT2D eigenvalue weighted by Crippen LogP contribution is -2.12. The largest absolute Gasteiger partial charge is 0.461 e. The number of hydrogen-bond acceptors (Lipinski definition) is 3. The fourth-order valence-electron chi connectivity index (χ4n) is 2.30. The molecule has 0 atom stereocenters. The first-order valence-electron chi connectivity index (χ1n) is 6.92. The molecule has 0 saturated heterocycles. The van der Waals surface area contributed by atoms with E-state index in [1.807, 2.05) is 41.1 Å². The number of nitrogens with zero attached hydrogens (tertiary/aromatic N) is 1. The van der Waals surface area contributed by atoms with Crippen LogP contribution in [-0.4, -0.2) is 17.1 Å². The van der Waals surface area contributed by atoms with Gasteiger partial charge in [-0.1, -0.05) is 30.3 Å². The molecule has 0 bridgehead atoms. The molecule has 1 aromatic heterocycles. The van der Waals surface area contributed by atoms with Crippen molar-refractivity contribution in [2.45, 2.75) is 25.3 Å². The summed E-state index contributed by atoms with van der Waals surface area (Å²) in [7, 11) is 0. The van der Waals surface area contributed by atoms with Crippen molar-refractivity contribution in [3.63, 3.8) is 0 Å². The average Bonchev–Trinajstić information content (AvgIpc) is 3.22. The van der Waals surface area contributed by atoms with E-state index in [-0.39, 0.29) is 5.97 Å². The number of nitrogens with two attached hydrogens (primary N) is 1. The summed E-state index contributed by atoms with van der Waals surface area (Å²) in [4.78, 5) is 12.1. The molecule has 0 unspecified atom stereocenters. The number of aromatic nitrogens is 1. The van der Waals surface area contributed by atoms with Crippen molar-refractivity contribution in [2.24, 2.45) is 0 Å². The summed E-state index contributed by atoms with van der Waals surface area (Å²) in [5.41, 5.74) is 8.12. The van der Waals surface area contributed by atoms with E-state index in [2.05, 4.69) is 0 Å². The average molecular weight is 270 g/mol. The molecule has 3 rings (SSSR count). The molecule has 1 fully saturated rings. The zero-order valence-corrected chi connectivity index (χ0v) is 11.3. The SMILES string of the molecule is Nc1cc(C(=O)OCCc2ccccc2)n(C2CC2)c1. The molecule has 4 nitrogen and oxygen atoms in total. The highest BCUT2D eigenvalue weighted by Crippen LogP contribution is 2.37. The zero-order valence-electron chi connectivity index (χ0n) is 11.3. The van der Waals surface area contributed by atoms with Gasteiger partial charge in [0, 0.05) is 18.7 Å². The zero-order chi connectivity index (χ0) is 13.9. The minimum Gasteiger partial charge on any atom is -0.461 e. The van der Waals surface area contributed by atoms with Gasteiger partial charge in [-0.3, -0.25) is 0 Å². The molecule has 0 aliphatic heterocycles. The van der Waals surface area contributed by atoms with Gasteiger partial charge < -0.3 is 15.0 Å². The van der Waals surface area contributed by atoms with Crippen LogP contribution in [0.3, 0.4) is 0 Å². The fraction of sp³-hybridized carbons (Fsp3) is 0.312. The molecule has 2 aromatic rings. The van der Waals surface area contributed by atoms with Crippen LogP contribution < -0.4 is 5.73 Å². The van der Waals surface area contributed by atoms with E-state index in [4.69, 9.17) is 10.5 Å². The van der Waals surface area contributed by atoms with Crippen molar-refractivity contribution in [3.8, 4) is 0 Å². The lowest BCUT2D eigenvalue weighted by atomic mass is 10.2. The van der Waals surface area contributed by atoms with Crippen LogP contribution in [0.2, 0.25) is 0 Å². The van der Waals surface area contributed by atoms with Gasteiger partial charge in [0.2, 0.25) is 0 Å².